The fourth-order valence-corrected chi connectivity index (χ4v) is 7.06. The molecule has 0 amide bonds. The minimum absolute atomic E-state index is 0.0480. The fourth-order valence-electron chi connectivity index (χ4n) is 7.06. The summed E-state index contributed by atoms with van der Waals surface area (Å²) in [4.78, 5) is 0. The van der Waals surface area contributed by atoms with Crippen LogP contribution < -0.4 is 0 Å². The topological polar surface area (TPSA) is 13.1 Å². The quantitative estimate of drug-likeness (QED) is 0.180. The molecule has 0 unspecified atom stereocenters. The van der Waals surface area contributed by atoms with Crippen molar-refractivity contribution < 1.29 is 25.0 Å². The highest BCUT2D eigenvalue weighted by Gasteiger charge is 2.35. The summed E-state index contributed by atoms with van der Waals surface area (Å²) >= 11 is 0. The minimum Gasteiger partial charge on any atom is -0.456 e. The molecule has 1 aliphatic carbocycles. The molecule has 0 spiro atoms. The van der Waals surface area contributed by atoms with Crippen LogP contribution in [-0.2, 0) is 5.41 Å². The average Bonchev–Trinajstić information content (AvgIpc) is 3.72. The summed E-state index contributed by atoms with van der Waals surface area (Å²) in [6, 6.07) is 8.30. The van der Waals surface area contributed by atoms with Crippen LogP contribution in [0, 0.1) is 0 Å². The Morgan fingerprint density at radius 1 is 0.500 bits per heavy atom. The van der Waals surface area contributed by atoms with Crippen LogP contribution in [0.15, 0.2) is 150 Å². The highest BCUT2D eigenvalue weighted by Crippen LogP contribution is 2.51. The maximum atomic E-state index is 9.87. The first-order chi connectivity index (χ1) is 28.8. The van der Waals surface area contributed by atoms with E-state index in [0.29, 0.717) is 22.1 Å². The molecule has 1 aliphatic rings. The number of rotatable bonds is 2. The van der Waals surface area contributed by atoms with Gasteiger partial charge in [-0.3, -0.25) is 0 Å². The summed E-state index contributed by atoms with van der Waals surface area (Å²) in [6.45, 7) is 3.29. The molecular formula is C45H30O. The molecule has 0 aliphatic heterocycles. The maximum absolute atomic E-state index is 9.87. The lowest BCUT2D eigenvalue weighted by Gasteiger charge is -2.22. The van der Waals surface area contributed by atoms with E-state index in [1.54, 1.807) is 32.0 Å². The molecule has 10 rings (SSSR count). The van der Waals surface area contributed by atoms with Crippen LogP contribution in [0.1, 0.15) is 45.5 Å². The van der Waals surface area contributed by atoms with Crippen molar-refractivity contribution in [3.05, 3.63) is 156 Å². The molecule has 9 aromatic rings. The first kappa shape index (κ1) is 15.1. The van der Waals surface area contributed by atoms with E-state index >= 15 is 0 Å². The minimum atomic E-state index is -1.29. The van der Waals surface area contributed by atoms with E-state index < -0.39 is 90.0 Å². The normalized spacial score (nSPS) is 18.2. The van der Waals surface area contributed by atoms with Gasteiger partial charge >= 0.3 is 0 Å². The SMILES string of the molecule is [2H]c1c([2H])c([2H])c2c(c1[2H])-c1c([2H])c(-c3c4c([2H])c([2H])c([2H])c([2H])c4c(-c4ccc5oc6cc7ccccc7cc6c5c4)c4c([2H])c([2H])c([2H])c([2H])c34)c([2H])c([2H])c1C2(C)C. The highest BCUT2D eigenvalue weighted by molar-refractivity contribution is 6.22. The van der Waals surface area contributed by atoms with Crippen molar-refractivity contribution in [1.82, 2.24) is 0 Å². The molecule has 0 atom stereocenters. The zero-order chi connectivity index (χ0) is 43.6. The smallest absolute Gasteiger partial charge is 0.136 e. The van der Waals surface area contributed by atoms with Gasteiger partial charge in [0.05, 0.1) is 20.6 Å². The first-order valence-corrected chi connectivity index (χ1v) is 14.9. The summed E-state index contributed by atoms with van der Waals surface area (Å²) in [5.74, 6) is 0. The van der Waals surface area contributed by atoms with Crippen molar-refractivity contribution in [3.63, 3.8) is 0 Å². The molecule has 1 heteroatoms. The number of fused-ring (bicyclic) bond motifs is 9. The van der Waals surface area contributed by atoms with Gasteiger partial charge in [0.1, 0.15) is 11.2 Å². The zero-order valence-electron chi connectivity index (χ0n) is 39.6. The van der Waals surface area contributed by atoms with Crippen LogP contribution >= 0.6 is 0 Å². The summed E-state index contributed by atoms with van der Waals surface area (Å²) < 4.78 is 143. The monoisotopic (exact) mass is 601 g/mol. The molecular weight excluding hydrogens is 556 g/mol. The van der Waals surface area contributed by atoms with Gasteiger partial charge in [0.2, 0.25) is 0 Å². The van der Waals surface area contributed by atoms with Crippen LogP contribution in [0.4, 0.5) is 0 Å². The van der Waals surface area contributed by atoms with Crippen molar-refractivity contribution in [2.24, 2.45) is 0 Å². The number of furan rings is 1. The molecule has 0 N–H and O–H groups in total. The Kier molecular flexibility index (Phi) is 3.01. The summed E-state index contributed by atoms with van der Waals surface area (Å²) in [5, 5.41) is 2.46. The molecule has 1 heterocycles. The van der Waals surface area contributed by atoms with E-state index in [1.807, 2.05) is 36.4 Å². The van der Waals surface area contributed by atoms with Gasteiger partial charge in [-0.2, -0.15) is 0 Å². The first-order valence-electron chi connectivity index (χ1n) is 22.4. The Bertz CT molecular complexity index is 3490. The number of benzene rings is 8. The van der Waals surface area contributed by atoms with Crippen molar-refractivity contribution in [2.45, 2.75) is 19.3 Å². The van der Waals surface area contributed by atoms with E-state index in [0.717, 1.165) is 16.2 Å². The number of hydrogen-bond donors (Lipinski definition) is 0. The predicted octanol–water partition coefficient (Wildman–Crippen LogP) is 12.7. The molecule has 216 valence electrons. The van der Waals surface area contributed by atoms with Gasteiger partial charge in [-0.05, 0) is 107 Å². The van der Waals surface area contributed by atoms with Crippen molar-refractivity contribution in [3.8, 4) is 33.4 Å². The largest absolute Gasteiger partial charge is 0.456 e. The standard InChI is InChI=1S/C45H30O/c1-45(2)39-18-10-9-13-31(39)36-24-29(19-21-40(36)45)43-32-14-5-7-16-34(32)44(35-17-8-6-15-33(35)43)30-20-22-41-37(25-30)38-23-27-11-3-4-12-28(27)26-42(38)46-41/h3-26H,1-2H3/i5D,6D,7D,8D,9D,10D,13D,14D,15D,16D,17D,18D,19D,21D,24D. The second kappa shape index (κ2) is 9.19. The van der Waals surface area contributed by atoms with Crippen LogP contribution in [0.2, 0.25) is 0 Å². The van der Waals surface area contributed by atoms with Gasteiger partial charge < -0.3 is 4.42 Å². The Hall–Kier alpha value is -5.66. The molecule has 0 bridgehead atoms. The van der Waals surface area contributed by atoms with Gasteiger partial charge in [0.15, 0.2) is 0 Å². The molecule has 0 fully saturated rings. The van der Waals surface area contributed by atoms with Gasteiger partial charge in [-0.25, -0.2) is 0 Å². The Morgan fingerprint density at radius 3 is 1.80 bits per heavy atom. The van der Waals surface area contributed by atoms with Gasteiger partial charge in [0, 0.05) is 16.2 Å². The Balaban J connectivity index is 1.44. The van der Waals surface area contributed by atoms with E-state index in [-0.39, 0.29) is 66.5 Å². The van der Waals surface area contributed by atoms with Gasteiger partial charge in [-0.1, -0.05) is 129 Å². The average molecular weight is 602 g/mol. The van der Waals surface area contributed by atoms with Crippen LogP contribution in [0.3, 0.4) is 0 Å². The van der Waals surface area contributed by atoms with Crippen molar-refractivity contribution in [1.29, 1.82) is 0 Å². The summed E-state index contributed by atoms with van der Waals surface area (Å²) in [6.07, 6.45) is 0. The molecule has 0 saturated carbocycles. The zero-order valence-corrected chi connectivity index (χ0v) is 24.6. The van der Waals surface area contributed by atoms with E-state index in [4.69, 9.17) is 15.4 Å². The van der Waals surface area contributed by atoms with Crippen molar-refractivity contribution >= 4 is 54.3 Å². The molecule has 0 saturated heterocycles. The lowest BCUT2D eigenvalue weighted by molar-refractivity contribution is 0.660. The van der Waals surface area contributed by atoms with E-state index in [1.165, 1.54) is 0 Å². The molecule has 46 heavy (non-hydrogen) atoms. The second-order valence-electron chi connectivity index (χ2n) is 12.1. The van der Waals surface area contributed by atoms with Gasteiger partial charge in [-0.15, -0.1) is 0 Å². The summed E-state index contributed by atoms with van der Waals surface area (Å²) in [7, 11) is 0. The third-order valence-electron chi connectivity index (χ3n) is 9.25. The lowest BCUT2D eigenvalue weighted by atomic mass is 9.81. The highest BCUT2D eigenvalue weighted by atomic mass is 16.3. The van der Waals surface area contributed by atoms with E-state index in [9.17, 15) is 9.60 Å². The molecule has 0 radical (unpaired) electrons. The Labute approximate surface area is 288 Å². The summed E-state index contributed by atoms with van der Waals surface area (Å²) in [5.41, 5.74) is -0.404. The Morgan fingerprint density at radius 2 is 1.09 bits per heavy atom. The van der Waals surface area contributed by atoms with E-state index in [2.05, 4.69) is 0 Å². The third-order valence-corrected chi connectivity index (χ3v) is 9.25. The number of hydrogen-bond acceptors (Lipinski definition) is 1. The lowest BCUT2D eigenvalue weighted by Crippen LogP contribution is -2.14. The van der Waals surface area contributed by atoms with Crippen LogP contribution in [0.25, 0.3) is 87.6 Å². The fraction of sp³-hybridized carbons (Fsp3) is 0.0667. The van der Waals surface area contributed by atoms with Crippen LogP contribution in [0.5, 0.6) is 0 Å². The second-order valence-corrected chi connectivity index (χ2v) is 12.1. The van der Waals surface area contributed by atoms with Crippen molar-refractivity contribution in [2.75, 3.05) is 0 Å². The molecule has 8 aromatic carbocycles. The van der Waals surface area contributed by atoms with Gasteiger partial charge in [0.25, 0.3) is 0 Å². The third kappa shape index (κ3) is 3.46. The predicted molar refractivity (Wildman–Crippen MR) is 195 cm³/mol. The molecule has 1 aromatic heterocycles. The van der Waals surface area contributed by atoms with Crippen LogP contribution in [-0.4, -0.2) is 0 Å². The molecule has 1 nitrogen and oxygen atoms in total. The maximum Gasteiger partial charge on any atom is 0.136 e.